The fourth-order valence-corrected chi connectivity index (χ4v) is 5.30. The van der Waals surface area contributed by atoms with Crippen LogP contribution in [0.3, 0.4) is 0 Å². The van der Waals surface area contributed by atoms with Gasteiger partial charge in [-0.2, -0.15) is 4.57 Å². The molecule has 3 aromatic carbocycles. The molecule has 1 aromatic heterocycles. The number of para-hydroxylation sites is 3. The molecule has 1 aliphatic rings. The van der Waals surface area contributed by atoms with E-state index in [4.69, 9.17) is 6.57 Å². The molecule has 0 radical (unpaired) electrons. The second kappa shape index (κ2) is 7.94. The van der Waals surface area contributed by atoms with Crippen LogP contribution in [0.1, 0.15) is 32.0 Å². The van der Waals surface area contributed by atoms with Gasteiger partial charge in [0.25, 0.3) is 0 Å². The average molecular weight is 434 g/mol. The molecule has 164 valence electrons. The Bertz CT molecular complexity index is 1410. The zero-order valence-electron chi connectivity index (χ0n) is 19.9. The molecule has 1 atom stereocenters. The number of benzene rings is 3. The summed E-state index contributed by atoms with van der Waals surface area (Å²) in [6.45, 7) is 18.9. The van der Waals surface area contributed by atoms with Crippen molar-refractivity contribution in [1.82, 2.24) is 0 Å². The quantitative estimate of drug-likeness (QED) is 0.255. The number of hydrogen-bond acceptors (Lipinski definition) is 2. The summed E-state index contributed by atoms with van der Waals surface area (Å²) in [6, 6.07) is 25.8. The number of rotatable bonds is 3. The average Bonchev–Trinajstić information content (AvgIpc) is 3.11. The molecule has 0 spiro atoms. The van der Waals surface area contributed by atoms with Gasteiger partial charge in [0.1, 0.15) is 6.17 Å². The van der Waals surface area contributed by atoms with E-state index in [9.17, 15) is 0 Å². The molecular formula is C29H29N4+. The molecule has 4 heteroatoms. The van der Waals surface area contributed by atoms with E-state index in [1.54, 1.807) is 0 Å². The molecular weight excluding hydrogens is 404 g/mol. The fraction of sp³-hybridized carbons (Fsp3) is 0.241. The van der Waals surface area contributed by atoms with E-state index in [0.717, 1.165) is 22.6 Å². The van der Waals surface area contributed by atoms with Crippen molar-refractivity contribution in [1.29, 1.82) is 0 Å². The Morgan fingerprint density at radius 2 is 1.58 bits per heavy atom. The molecule has 0 N–H and O–H groups in total. The maximum Gasteiger partial charge on any atom is 0.218 e. The first-order chi connectivity index (χ1) is 15.9. The van der Waals surface area contributed by atoms with Crippen molar-refractivity contribution in [2.24, 2.45) is 0 Å². The van der Waals surface area contributed by atoms with Crippen molar-refractivity contribution < 1.29 is 4.57 Å². The van der Waals surface area contributed by atoms with Crippen LogP contribution in [0.5, 0.6) is 0 Å². The van der Waals surface area contributed by atoms with Crippen LogP contribution in [0.15, 0.2) is 72.8 Å². The maximum absolute atomic E-state index is 7.85. The fourth-order valence-electron chi connectivity index (χ4n) is 5.30. The molecule has 2 heterocycles. The highest BCUT2D eigenvalue weighted by molar-refractivity contribution is 5.87. The van der Waals surface area contributed by atoms with E-state index < -0.39 is 0 Å². The van der Waals surface area contributed by atoms with Crippen LogP contribution in [0, 0.1) is 20.4 Å². The minimum Gasteiger partial charge on any atom is -0.347 e. The Kier molecular flexibility index (Phi) is 5.06. The number of fused-ring (bicyclic) bond motifs is 2. The van der Waals surface area contributed by atoms with E-state index >= 15 is 0 Å². The van der Waals surface area contributed by atoms with E-state index in [0.29, 0.717) is 11.7 Å². The predicted molar refractivity (Wildman–Crippen MR) is 137 cm³/mol. The highest BCUT2D eigenvalue weighted by Crippen LogP contribution is 2.47. The van der Waals surface area contributed by atoms with Gasteiger partial charge in [-0.1, -0.05) is 24.3 Å². The lowest BCUT2D eigenvalue weighted by atomic mass is 10.1. The lowest BCUT2D eigenvalue weighted by Gasteiger charge is -2.33. The number of anilines is 3. The van der Waals surface area contributed by atoms with Crippen LogP contribution < -0.4 is 14.4 Å². The maximum atomic E-state index is 7.85. The summed E-state index contributed by atoms with van der Waals surface area (Å²) in [7, 11) is 0. The SMILES string of the molecule is [C-]#[N+]c1cc(N2c3ccccc3N(C(C)C)[C@H]2C)c(C)c(-[n+]2c(C)ccc3ccccc32)c1. The molecule has 0 amide bonds. The summed E-state index contributed by atoms with van der Waals surface area (Å²) >= 11 is 0. The zero-order valence-corrected chi connectivity index (χ0v) is 19.9. The third-order valence-electron chi connectivity index (χ3n) is 6.75. The predicted octanol–water partition coefficient (Wildman–Crippen LogP) is 7.00. The van der Waals surface area contributed by atoms with Gasteiger partial charge in [0.2, 0.25) is 11.2 Å². The summed E-state index contributed by atoms with van der Waals surface area (Å²) in [5.41, 5.74) is 8.67. The van der Waals surface area contributed by atoms with Gasteiger partial charge < -0.3 is 9.80 Å². The van der Waals surface area contributed by atoms with Crippen LogP contribution in [0.2, 0.25) is 0 Å². The third kappa shape index (κ3) is 3.24. The number of hydrogen-bond donors (Lipinski definition) is 0. The Hall–Kier alpha value is -3.84. The van der Waals surface area contributed by atoms with Crippen LogP contribution in [0.4, 0.5) is 22.7 Å². The first-order valence-electron chi connectivity index (χ1n) is 11.5. The summed E-state index contributed by atoms with van der Waals surface area (Å²) in [5.74, 6) is 0. The molecule has 4 aromatic rings. The molecule has 0 fully saturated rings. The molecule has 0 saturated heterocycles. The smallest absolute Gasteiger partial charge is 0.218 e. The molecule has 0 unspecified atom stereocenters. The summed E-state index contributed by atoms with van der Waals surface area (Å²) < 4.78 is 2.29. The molecule has 0 aliphatic carbocycles. The second-order valence-corrected chi connectivity index (χ2v) is 9.08. The highest BCUT2D eigenvalue weighted by Gasteiger charge is 2.36. The van der Waals surface area contributed by atoms with Gasteiger partial charge in [0, 0.05) is 47.8 Å². The lowest BCUT2D eigenvalue weighted by Crippen LogP contribution is -2.43. The van der Waals surface area contributed by atoms with E-state index in [1.807, 2.05) is 12.1 Å². The van der Waals surface area contributed by atoms with Gasteiger partial charge in [-0.05, 0) is 58.0 Å². The van der Waals surface area contributed by atoms with Gasteiger partial charge in [-0.15, -0.1) is 0 Å². The van der Waals surface area contributed by atoms with E-state index in [-0.39, 0.29) is 6.17 Å². The van der Waals surface area contributed by atoms with Crippen LogP contribution in [-0.2, 0) is 0 Å². The van der Waals surface area contributed by atoms with Crippen LogP contribution >= 0.6 is 0 Å². The normalized spacial score (nSPS) is 15.2. The minimum atomic E-state index is 0.147. The first-order valence-corrected chi connectivity index (χ1v) is 11.5. The number of nitrogens with zero attached hydrogens (tertiary/aromatic N) is 4. The number of aromatic nitrogens is 1. The molecule has 4 nitrogen and oxygen atoms in total. The molecule has 5 rings (SSSR count). The Morgan fingerprint density at radius 1 is 0.879 bits per heavy atom. The van der Waals surface area contributed by atoms with Crippen LogP contribution in [0.25, 0.3) is 21.4 Å². The van der Waals surface area contributed by atoms with Crippen LogP contribution in [-0.4, -0.2) is 12.2 Å². The van der Waals surface area contributed by atoms with Crippen molar-refractivity contribution in [3.63, 3.8) is 0 Å². The molecule has 1 aliphatic heterocycles. The van der Waals surface area contributed by atoms with Crippen molar-refractivity contribution >= 4 is 33.7 Å². The Morgan fingerprint density at radius 3 is 2.30 bits per heavy atom. The van der Waals surface area contributed by atoms with Gasteiger partial charge in [-0.3, -0.25) is 0 Å². The second-order valence-electron chi connectivity index (χ2n) is 9.08. The number of pyridine rings is 1. The summed E-state index contributed by atoms with van der Waals surface area (Å²) in [6.07, 6.45) is 0.147. The van der Waals surface area contributed by atoms with Gasteiger partial charge in [0.15, 0.2) is 11.4 Å². The highest BCUT2D eigenvalue weighted by atomic mass is 15.4. The lowest BCUT2D eigenvalue weighted by molar-refractivity contribution is -0.574. The third-order valence-corrected chi connectivity index (χ3v) is 6.75. The van der Waals surface area contributed by atoms with Gasteiger partial charge in [0.05, 0.1) is 17.9 Å². The minimum absolute atomic E-state index is 0.147. The van der Waals surface area contributed by atoms with Crippen molar-refractivity contribution in [2.75, 3.05) is 9.80 Å². The summed E-state index contributed by atoms with van der Waals surface area (Å²) in [4.78, 5) is 8.72. The molecule has 33 heavy (non-hydrogen) atoms. The monoisotopic (exact) mass is 433 g/mol. The largest absolute Gasteiger partial charge is 0.347 e. The van der Waals surface area contributed by atoms with Crippen molar-refractivity contribution in [3.8, 4) is 5.69 Å². The Balaban J connectivity index is 1.79. The molecule has 0 saturated carbocycles. The summed E-state index contributed by atoms with van der Waals surface area (Å²) in [5, 5.41) is 1.18. The van der Waals surface area contributed by atoms with Crippen molar-refractivity contribution in [2.45, 2.75) is 46.8 Å². The standard InChI is InChI=1S/C29H29N4/c1-19(2)31-22(5)33(27-14-10-9-13-26(27)31)29-18-24(30-6)17-28(21(29)4)32-20(3)15-16-23-11-7-8-12-25(23)32/h7-19,22H,1-5H3/q+1/t22-/m1/s1. The van der Waals surface area contributed by atoms with E-state index in [1.165, 1.54) is 22.3 Å². The molecule has 0 bridgehead atoms. The van der Waals surface area contributed by atoms with Gasteiger partial charge >= 0.3 is 0 Å². The first kappa shape index (κ1) is 21.0. The van der Waals surface area contributed by atoms with E-state index in [2.05, 4.69) is 114 Å². The zero-order chi connectivity index (χ0) is 23.3. The van der Waals surface area contributed by atoms with Crippen molar-refractivity contribution in [3.05, 3.63) is 95.5 Å². The van der Waals surface area contributed by atoms with Gasteiger partial charge in [-0.25, -0.2) is 4.85 Å². The number of aryl methyl sites for hydroxylation is 1. The Labute approximate surface area is 196 Å². The topological polar surface area (TPSA) is 14.7 Å².